The number of nitrogens with one attached hydrogen (secondary N) is 2. The lowest BCUT2D eigenvalue weighted by atomic mass is 10.5. The number of rotatable bonds is 2. The van der Waals surface area contributed by atoms with E-state index in [1.165, 1.54) is 13.4 Å². The van der Waals surface area contributed by atoms with Crippen LogP contribution in [0.25, 0.3) is 11.2 Å². The van der Waals surface area contributed by atoms with Crippen molar-refractivity contribution >= 4 is 17.1 Å². The first-order valence-electron chi connectivity index (χ1n) is 3.73. The maximum absolute atomic E-state index is 11.3. The predicted molar refractivity (Wildman–Crippen MR) is 48.7 cm³/mol. The molecule has 72 valence electrons. The average molecular weight is 194 g/mol. The van der Waals surface area contributed by atoms with E-state index >= 15 is 0 Å². The molecular formula is C6H6N6O2. The van der Waals surface area contributed by atoms with Crippen LogP contribution in [0, 0.1) is 4.91 Å². The number of aromatic amines is 2. The van der Waals surface area contributed by atoms with E-state index in [0.717, 1.165) is 5.01 Å². The van der Waals surface area contributed by atoms with E-state index in [4.69, 9.17) is 0 Å². The van der Waals surface area contributed by atoms with Gasteiger partial charge in [0.05, 0.1) is 11.6 Å². The molecule has 0 bridgehead atoms. The van der Waals surface area contributed by atoms with Gasteiger partial charge in [0.25, 0.3) is 5.56 Å². The Morgan fingerprint density at radius 3 is 3.07 bits per heavy atom. The van der Waals surface area contributed by atoms with Crippen LogP contribution < -0.4 is 10.6 Å². The zero-order chi connectivity index (χ0) is 10.1. The van der Waals surface area contributed by atoms with Crippen LogP contribution in [-0.4, -0.2) is 27.0 Å². The summed E-state index contributed by atoms with van der Waals surface area (Å²) >= 11 is 0. The lowest BCUT2D eigenvalue weighted by Gasteiger charge is -2.04. The van der Waals surface area contributed by atoms with Gasteiger partial charge in [0, 0.05) is 7.05 Å². The standard InChI is InChI=1S/C6H6N6O2/c1-12(11-14)6-9-4-3(5(13)10-6)7-2-8-4/h2H,1H3,(H2,7,8,9,10,13). The van der Waals surface area contributed by atoms with Crippen LogP contribution in [0.1, 0.15) is 0 Å². The van der Waals surface area contributed by atoms with Gasteiger partial charge in [-0.15, -0.1) is 4.91 Å². The van der Waals surface area contributed by atoms with Gasteiger partial charge in [-0.3, -0.25) is 9.78 Å². The maximum Gasteiger partial charge on any atom is 0.278 e. The second kappa shape index (κ2) is 2.91. The molecule has 0 radical (unpaired) electrons. The van der Waals surface area contributed by atoms with E-state index in [1.807, 2.05) is 0 Å². The fourth-order valence-corrected chi connectivity index (χ4v) is 1.02. The first-order chi connectivity index (χ1) is 6.72. The number of nitrogens with zero attached hydrogens (tertiary/aromatic N) is 4. The molecule has 0 aromatic carbocycles. The van der Waals surface area contributed by atoms with Crippen LogP contribution >= 0.6 is 0 Å². The van der Waals surface area contributed by atoms with Crippen LogP contribution in [0.5, 0.6) is 0 Å². The summed E-state index contributed by atoms with van der Waals surface area (Å²) in [6.07, 6.45) is 1.35. The van der Waals surface area contributed by atoms with Crippen LogP contribution in [0.15, 0.2) is 16.4 Å². The number of H-pyrrole nitrogens is 2. The Kier molecular flexibility index (Phi) is 1.73. The highest BCUT2D eigenvalue weighted by molar-refractivity contribution is 5.69. The number of nitroso groups, excluding NO2 is 1. The van der Waals surface area contributed by atoms with E-state index in [0.29, 0.717) is 0 Å². The minimum absolute atomic E-state index is 0.0598. The Labute approximate surface area is 76.9 Å². The summed E-state index contributed by atoms with van der Waals surface area (Å²) in [5.74, 6) is 0.0598. The maximum atomic E-state index is 11.3. The summed E-state index contributed by atoms with van der Waals surface area (Å²) in [5, 5.41) is 3.52. The zero-order valence-electron chi connectivity index (χ0n) is 7.18. The van der Waals surface area contributed by atoms with Crippen LogP contribution in [-0.2, 0) is 0 Å². The lowest BCUT2D eigenvalue weighted by molar-refractivity contribution is 0.921. The van der Waals surface area contributed by atoms with Gasteiger partial charge >= 0.3 is 0 Å². The van der Waals surface area contributed by atoms with E-state index < -0.39 is 5.56 Å². The van der Waals surface area contributed by atoms with Crippen LogP contribution in [0.2, 0.25) is 0 Å². The topological polar surface area (TPSA) is 107 Å². The molecule has 0 atom stereocenters. The molecule has 2 aromatic heterocycles. The summed E-state index contributed by atoms with van der Waals surface area (Å²) in [4.78, 5) is 34.2. The van der Waals surface area contributed by atoms with Crippen molar-refractivity contribution in [2.75, 3.05) is 12.1 Å². The summed E-state index contributed by atoms with van der Waals surface area (Å²) in [6.45, 7) is 0. The fraction of sp³-hybridized carbons (Fsp3) is 0.167. The predicted octanol–water partition coefficient (Wildman–Crippen LogP) is -0.236. The van der Waals surface area contributed by atoms with Gasteiger partial charge in [-0.05, 0) is 0 Å². The molecule has 0 spiro atoms. The van der Waals surface area contributed by atoms with Crippen molar-refractivity contribution in [2.24, 2.45) is 5.29 Å². The molecule has 2 rings (SSSR count). The molecule has 2 heterocycles. The fourth-order valence-electron chi connectivity index (χ4n) is 1.02. The van der Waals surface area contributed by atoms with Crippen LogP contribution in [0.4, 0.5) is 5.95 Å². The Hall–Kier alpha value is -2.25. The molecule has 0 saturated heterocycles. The highest BCUT2D eigenvalue weighted by Crippen LogP contribution is 2.06. The minimum atomic E-state index is -0.391. The second-order valence-corrected chi connectivity index (χ2v) is 2.60. The van der Waals surface area contributed by atoms with Crippen molar-refractivity contribution in [1.82, 2.24) is 19.9 Å². The highest BCUT2D eigenvalue weighted by atomic mass is 16.3. The summed E-state index contributed by atoms with van der Waals surface area (Å²) in [7, 11) is 1.38. The zero-order valence-corrected chi connectivity index (χ0v) is 7.18. The molecule has 14 heavy (non-hydrogen) atoms. The number of anilines is 1. The van der Waals surface area contributed by atoms with Gasteiger partial charge in [-0.25, -0.2) is 4.98 Å². The molecule has 0 fully saturated rings. The second-order valence-electron chi connectivity index (χ2n) is 2.60. The first kappa shape index (κ1) is 8.35. The smallest absolute Gasteiger partial charge is 0.278 e. The van der Waals surface area contributed by atoms with E-state index in [2.05, 4.69) is 25.2 Å². The van der Waals surface area contributed by atoms with Gasteiger partial charge in [0.1, 0.15) is 0 Å². The first-order valence-corrected chi connectivity index (χ1v) is 3.73. The summed E-state index contributed by atoms with van der Waals surface area (Å²) < 4.78 is 0. The molecule has 0 aliphatic rings. The number of imidazole rings is 1. The van der Waals surface area contributed by atoms with E-state index in [1.54, 1.807) is 0 Å². The van der Waals surface area contributed by atoms with Crippen molar-refractivity contribution in [3.8, 4) is 0 Å². The van der Waals surface area contributed by atoms with Crippen LogP contribution in [0.3, 0.4) is 0 Å². The third-order valence-electron chi connectivity index (χ3n) is 1.71. The number of hydrogen-bond acceptors (Lipinski definition) is 5. The van der Waals surface area contributed by atoms with Gasteiger partial charge in [0.2, 0.25) is 5.95 Å². The van der Waals surface area contributed by atoms with Crippen molar-refractivity contribution in [2.45, 2.75) is 0 Å². The van der Waals surface area contributed by atoms with Crippen molar-refractivity contribution in [3.63, 3.8) is 0 Å². The van der Waals surface area contributed by atoms with Crippen molar-refractivity contribution in [3.05, 3.63) is 21.6 Å². The van der Waals surface area contributed by atoms with Gasteiger partial charge in [-0.1, -0.05) is 0 Å². The third kappa shape index (κ3) is 1.13. The monoisotopic (exact) mass is 194 g/mol. The molecule has 0 aliphatic carbocycles. The molecule has 2 aromatic rings. The van der Waals surface area contributed by atoms with Gasteiger partial charge < -0.3 is 4.98 Å². The normalized spacial score (nSPS) is 10.4. The SMILES string of the molecule is CN(N=O)c1nc2nc[nH]c2c(=O)[nH]1. The third-order valence-corrected chi connectivity index (χ3v) is 1.71. The number of aromatic nitrogens is 4. The largest absolute Gasteiger partial charge is 0.339 e. The number of hydrogen-bond donors (Lipinski definition) is 2. The lowest BCUT2D eigenvalue weighted by Crippen LogP contribution is -2.17. The molecular weight excluding hydrogens is 188 g/mol. The van der Waals surface area contributed by atoms with E-state index in [9.17, 15) is 9.70 Å². The Morgan fingerprint density at radius 2 is 2.36 bits per heavy atom. The average Bonchev–Trinajstić information content (AvgIpc) is 2.64. The number of fused-ring (bicyclic) bond motifs is 1. The minimum Gasteiger partial charge on any atom is -0.339 e. The Morgan fingerprint density at radius 1 is 1.57 bits per heavy atom. The molecule has 0 unspecified atom stereocenters. The molecule has 2 N–H and O–H groups in total. The molecule has 0 saturated carbocycles. The summed E-state index contributed by atoms with van der Waals surface area (Å²) in [5.41, 5.74) is 0.130. The quantitative estimate of drug-likeness (QED) is 0.507. The highest BCUT2D eigenvalue weighted by Gasteiger charge is 2.08. The van der Waals surface area contributed by atoms with Gasteiger partial charge in [0.15, 0.2) is 11.2 Å². The molecule has 0 amide bonds. The summed E-state index contributed by atoms with van der Waals surface area (Å²) in [6, 6.07) is 0. The van der Waals surface area contributed by atoms with Crippen molar-refractivity contribution < 1.29 is 0 Å². The molecule has 0 aliphatic heterocycles. The Balaban J connectivity index is 2.70. The Bertz CT molecular complexity index is 528. The molecule has 8 nitrogen and oxygen atoms in total. The van der Waals surface area contributed by atoms with Gasteiger partial charge in [-0.2, -0.15) is 9.99 Å². The molecule has 8 heteroatoms. The van der Waals surface area contributed by atoms with Crippen molar-refractivity contribution in [1.29, 1.82) is 0 Å². The van der Waals surface area contributed by atoms with E-state index in [-0.39, 0.29) is 17.1 Å².